The van der Waals surface area contributed by atoms with Crippen molar-refractivity contribution in [3.8, 4) is 22.5 Å². The van der Waals surface area contributed by atoms with Crippen molar-refractivity contribution >= 4 is 60.6 Å². The molecule has 7 aromatic carbocycles. The van der Waals surface area contributed by atoms with Crippen LogP contribution in [-0.2, 0) is 5.41 Å². The molecule has 0 N–H and O–H groups in total. The van der Waals surface area contributed by atoms with E-state index in [0.29, 0.717) is 0 Å². The summed E-state index contributed by atoms with van der Waals surface area (Å²) in [5.41, 5.74) is 12.0. The minimum Gasteiger partial charge on any atom is -0.309 e. The van der Waals surface area contributed by atoms with Crippen molar-refractivity contribution in [3.05, 3.63) is 175 Å². The molecule has 0 unspecified atom stereocenters. The van der Waals surface area contributed by atoms with Crippen LogP contribution >= 0.6 is 0 Å². The molecule has 0 fully saturated rings. The molecule has 3 aromatic heterocycles. The van der Waals surface area contributed by atoms with E-state index in [4.69, 9.17) is 4.98 Å². The minimum atomic E-state index is -0.430. The number of benzene rings is 7. The quantitative estimate of drug-likeness (QED) is 0.188. The topological polar surface area (TPSA) is 44.8 Å². The molecule has 0 radical (unpaired) electrons. The van der Waals surface area contributed by atoms with Gasteiger partial charge in [0.25, 0.3) is 5.91 Å². The van der Waals surface area contributed by atoms with Crippen LogP contribution in [0.5, 0.6) is 0 Å². The Morgan fingerprint density at radius 2 is 1.00 bits per heavy atom. The number of fused-ring (bicyclic) bond motifs is 10. The number of hydrogen-bond acceptors (Lipinski definition) is 2. The van der Waals surface area contributed by atoms with Crippen LogP contribution in [0.2, 0.25) is 0 Å². The maximum Gasteiger partial charge on any atom is 0.264 e. The standard InChI is InChI=1S/C47H32N4O/c1-47(2)38-19-11-9-18-34(38)45(52)51-44-27-37-36-26-30(22-24-42(36)50(32-15-7-4-8-16-32)43(37)28-39(44)48-46(47)51)29-21-23-41-35(25-29)33-17-10-12-20-40(33)49(41)31-13-5-3-6-14-31/h3-28H,1-2H3. The molecule has 4 heterocycles. The fourth-order valence-electron chi connectivity index (χ4n) is 8.71. The average Bonchev–Trinajstić information content (AvgIpc) is 3.84. The summed E-state index contributed by atoms with van der Waals surface area (Å²) in [5.74, 6) is 0.750. The van der Waals surface area contributed by atoms with Gasteiger partial charge in [-0.05, 0) is 103 Å². The van der Waals surface area contributed by atoms with E-state index in [0.717, 1.165) is 72.3 Å². The number of carbonyl (C=O) groups excluding carboxylic acids is 1. The van der Waals surface area contributed by atoms with Crippen molar-refractivity contribution in [2.45, 2.75) is 19.3 Å². The Morgan fingerprint density at radius 1 is 0.462 bits per heavy atom. The van der Waals surface area contributed by atoms with Gasteiger partial charge in [-0.3, -0.25) is 9.36 Å². The molecule has 1 aliphatic rings. The second kappa shape index (κ2) is 10.4. The Labute approximate surface area is 299 Å². The van der Waals surface area contributed by atoms with Crippen LogP contribution in [0.1, 0.15) is 35.6 Å². The fourth-order valence-corrected chi connectivity index (χ4v) is 8.71. The van der Waals surface area contributed by atoms with Crippen LogP contribution in [0.3, 0.4) is 0 Å². The molecule has 5 heteroatoms. The molecule has 1 aliphatic heterocycles. The van der Waals surface area contributed by atoms with E-state index in [1.165, 1.54) is 21.8 Å². The number of para-hydroxylation sites is 3. The van der Waals surface area contributed by atoms with Crippen LogP contribution in [0.4, 0.5) is 0 Å². The van der Waals surface area contributed by atoms with E-state index in [1.807, 2.05) is 28.8 Å². The lowest BCUT2D eigenvalue weighted by molar-refractivity contribution is 0.0948. The molecule has 0 spiro atoms. The number of nitrogens with zero attached hydrogens (tertiary/aromatic N) is 4. The monoisotopic (exact) mass is 668 g/mol. The van der Waals surface area contributed by atoms with E-state index >= 15 is 0 Å². The molecular weight excluding hydrogens is 637 g/mol. The summed E-state index contributed by atoms with van der Waals surface area (Å²) in [7, 11) is 0. The summed E-state index contributed by atoms with van der Waals surface area (Å²) >= 11 is 0. The zero-order valence-electron chi connectivity index (χ0n) is 28.7. The Morgan fingerprint density at radius 3 is 1.69 bits per heavy atom. The summed E-state index contributed by atoms with van der Waals surface area (Å²) in [6.07, 6.45) is 0. The van der Waals surface area contributed by atoms with Crippen molar-refractivity contribution < 1.29 is 4.79 Å². The van der Waals surface area contributed by atoms with Crippen molar-refractivity contribution in [3.63, 3.8) is 0 Å². The van der Waals surface area contributed by atoms with Crippen molar-refractivity contribution in [1.29, 1.82) is 0 Å². The number of hydrogen-bond donors (Lipinski definition) is 0. The Hall–Kier alpha value is -6.72. The second-order valence-corrected chi connectivity index (χ2v) is 14.4. The van der Waals surface area contributed by atoms with Crippen LogP contribution in [-0.4, -0.2) is 24.6 Å². The Kier molecular flexibility index (Phi) is 5.81. The summed E-state index contributed by atoms with van der Waals surface area (Å²) in [6.45, 7) is 4.32. The highest BCUT2D eigenvalue weighted by molar-refractivity contribution is 6.16. The summed E-state index contributed by atoms with van der Waals surface area (Å²) in [5, 5.41) is 4.66. The highest BCUT2D eigenvalue weighted by Crippen LogP contribution is 2.43. The average molecular weight is 669 g/mol. The largest absolute Gasteiger partial charge is 0.309 e. The van der Waals surface area contributed by atoms with E-state index in [9.17, 15) is 4.79 Å². The fraction of sp³-hybridized carbons (Fsp3) is 0.0638. The smallest absolute Gasteiger partial charge is 0.264 e. The van der Waals surface area contributed by atoms with Gasteiger partial charge in [-0.25, -0.2) is 4.98 Å². The van der Waals surface area contributed by atoms with Gasteiger partial charge >= 0.3 is 0 Å². The van der Waals surface area contributed by atoms with Gasteiger partial charge in [0.05, 0.1) is 33.1 Å². The zero-order chi connectivity index (χ0) is 34.7. The van der Waals surface area contributed by atoms with E-state index < -0.39 is 5.41 Å². The van der Waals surface area contributed by atoms with E-state index in [2.05, 4.69) is 156 Å². The minimum absolute atomic E-state index is 0.0257. The third kappa shape index (κ3) is 3.88. The predicted molar refractivity (Wildman–Crippen MR) is 212 cm³/mol. The van der Waals surface area contributed by atoms with Gasteiger partial charge < -0.3 is 9.13 Å². The zero-order valence-corrected chi connectivity index (χ0v) is 28.7. The third-order valence-corrected chi connectivity index (χ3v) is 11.2. The predicted octanol–water partition coefficient (Wildman–Crippen LogP) is 11.2. The highest BCUT2D eigenvalue weighted by Gasteiger charge is 2.39. The maximum absolute atomic E-state index is 14.1. The first-order valence-electron chi connectivity index (χ1n) is 17.8. The Balaban J connectivity index is 1.17. The number of aromatic nitrogens is 4. The molecular formula is C47H32N4O. The van der Waals surface area contributed by atoms with Gasteiger partial charge in [0.2, 0.25) is 0 Å². The number of rotatable bonds is 3. The maximum atomic E-state index is 14.1. The molecule has 10 aromatic rings. The van der Waals surface area contributed by atoms with Crippen molar-refractivity contribution in [1.82, 2.24) is 18.7 Å². The number of carbonyl (C=O) groups is 1. The van der Waals surface area contributed by atoms with Gasteiger partial charge in [0, 0.05) is 43.9 Å². The van der Waals surface area contributed by atoms with Gasteiger partial charge in [0.15, 0.2) is 0 Å². The third-order valence-electron chi connectivity index (χ3n) is 11.2. The number of imidazole rings is 1. The summed E-state index contributed by atoms with van der Waals surface area (Å²) in [6, 6.07) is 55.6. The molecule has 5 nitrogen and oxygen atoms in total. The molecule has 0 saturated heterocycles. The summed E-state index contributed by atoms with van der Waals surface area (Å²) < 4.78 is 6.53. The van der Waals surface area contributed by atoms with Gasteiger partial charge in [-0.2, -0.15) is 0 Å². The first kappa shape index (κ1) is 29.1. The lowest BCUT2D eigenvalue weighted by Crippen LogP contribution is -2.35. The van der Waals surface area contributed by atoms with Crippen LogP contribution in [0.15, 0.2) is 158 Å². The summed E-state index contributed by atoms with van der Waals surface area (Å²) in [4.78, 5) is 19.3. The first-order valence-corrected chi connectivity index (χ1v) is 17.8. The molecule has 52 heavy (non-hydrogen) atoms. The molecule has 0 amide bonds. The molecule has 0 aliphatic carbocycles. The van der Waals surface area contributed by atoms with Gasteiger partial charge in [0.1, 0.15) is 5.82 Å². The highest BCUT2D eigenvalue weighted by atomic mass is 16.2. The van der Waals surface area contributed by atoms with Gasteiger partial charge in [-0.15, -0.1) is 0 Å². The van der Waals surface area contributed by atoms with E-state index in [1.54, 1.807) is 0 Å². The van der Waals surface area contributed by atoms with Crippen LogP contribution in [0.25, 0.3) is 77.1 Å². The first-order chi connectivity index (χ1) is 25.5. The molecule has 0 atom stereocenters. The Bertz CT molecular complexity index is 3110. The molecule has 246 valence electrons. The van der Waals surface area contributed by atoms with E-state index in [-0.39, 0.29) is 5.91 Å². The molecule has 0 saturated carbocycles. The SMILES string of the molecule is CC1(C)c2ccccc2C(=O)n2c1nc1cc3c(cc12)c1cc(-c2ccc4c(c2)c2ccccc2n4-c2ccccc2)ccc1n3-c1ccccc1. The van der Waals surface area contributed by atoms with Gasteiger partial charge in [-0.1, -0.05) is 84.9 Å². The van der Waals surface area contributed by atoms with Crippen LogP contribution in [0, 0.1) is 0 Å². The van der Waals surface area contributed by atoms with Crippen molar-refractivity contribution in [2.24, 2.45) is 0 Å². The normalized spacial score (nSPS) is 13.8. The van der Waals surface area contributed by atoms with Crippen molar-refractivity contribution in [2.75, 3.05) is 0 Å². The lowest BCUT2D eigenvalue weighted by Gasteiger charge is -2.31. The van der Waals surface area contributed by atoms with Crippen LogP contribution < -0.4 is 0 Å². The molecule has 11 rings (SSSR count). The molecule has 0 bridgehead atoms. The lowest BCUT2D eigenvalue weighted by atomic mass is 9.78. The second-order valence-electron chi connectivity index (χ2n) is 14.4.